The minimum Gasteiger partial charge on any atom is -0.481 e. The highest BCUT2D eigenvalue weighted by Crippen LogP contribution is 2.28. The molecule has 0 bridgehead atoms. The molecule has 2 unspecified atom stereocenters. The number of carboxylic acids is 2. The van der Waals surface area contributed by atoms with E-state index >= 15 is 0 Å². The van der Waals surface area contributed by atoms with Crippen LogP contribution in [-0.2, 0) is 19.8 Å². The first-order valence-electron chi connectivity index (χ1n) is 6.08. The normalized spacial score (nSPS) is 14.9. The van der Waals surface area contributed by atoms with Gasteiger partial charge < -0.3 is 15.5 Å². The van der Waals surface area contributed by atoms with Gasteiger partial charge in [-0.2, -0.15) is 0 Å². The number of carboxylic acid groups (broad SMARTS) is 2. The van der Waals surface area contributed by atoms with Gasteiger partial charge in [-0.15, -0.1) is 0 Å². The summed E-state index contributed by atoms with van der Waals surface area (Å²) in [6, 6.07) is 7.32. The number of aliphatic carboxylic acids is 2. The van der Waals surface area contributed by atoms with Gasteiger partial charge in [0.15, 0.2) is 0 Å². The van der Waals surface area contributed by atoms with Gasteiger partial charge in [-0.25, -0.2) is 0 Å². The zero-order valence-electron chi connectivity index (χ0n) is 11.3. The van der Waals surface area contributed by atoms with Crippen molar-refractivity contribution in [2.75, 3.05) is 0 Å². The Morgan fingerprint density at radius 3 is 2.20 bits per heavy atom. The molecule has 6 heteroatoms. The molecule has 0 aliphatic carbocycles. The largest absolute Gasteiger partial charge is 0.481 e. The second kappa shape index (κ2) is 6.18. The van der Waals surface area contributed by atoms with E-state index in [2.05, 4.69) is 5.32 Å². The van der Waals surface area contributed by atoms with Crippen LogP contribution in [0, 0.1) is 0 Å². The van der Waals surface area contributed by atoms with Gasteiger partial charge in [0.05, 0.1) is 5.41 Å². The fraction of sp³-hybridized carbons (Fsp3) is 0.357. The quantitative estimate of drug-likeness (QED) is 0.721. The van der Waals surface area contributed by atoms with E-state index in [0.717, 1.165) is 0 Å². The van der Waals surface area contributed by atoms with E-state index in [4.69, 9.17) is 5.11 Å². The highest BCUT2D eigenvalue weighted by molar-refractivity contribution is 5.90. The summed E-state index contributed by atoms with van der Waals surface area (Å²) in [6.07, 6.45) is -0.329. The lowest BCUT2D eigenvalue weighted by Crippen LogP contribution is -2.43. The topological polar surface area (TPSA) is 104 Å². The fourth-order valence-corrected chi connectivity index (χ4v) is 1.78. The molecule has 0 spiro atoms. The molecule has 0 aromatic heterocycles. The molecule has 1 aromatic rings. The number of rotatable bonds is 6. The second-order valence-electron chi connectivity index (χ2n) is 4.81. The van der Waals surface area contributed by atoms with Crippen LogP contribution >= 0.6 is 0 Å². The van der Waals surface area contributed by atoms with Gasteiger partial charge in [0.2, 0.25) is 5.91 Å². The Morgan fingerprint density at radius 2 is 1.75 bits per heavy atom. The summed E-state index contributed by atoms with van der Waals surface area (Å²) in [5, 5.41) is 20.4. The number of benzene rings is 1. The zero-order valence-corrected chi connectivity index (χ0v) is 11.3. The molecule has 0 aliphatic rings. The van der Waals surface area contributed by atoms with Crippen LogP contribution in [0.2, 0.25) is 0 Å². The predicted molar refractivity (Wildman–Crippen MR) is 71.3 cm³/mol. The Hall–Kier alpha value is -2.37. The predicted octanol–water partition coefficient (Wildman–Crippen LogP) is 1.01. The minimum atomic E-state index is -1.40. The first-order valence-corrected chi connectivity index (χ1v) is 6.08. The highest BCUT2D eigenvalue weighted by atomic mass is 16.4. The molecule has 20 heavy (non-hydrogen) atoms. The Balaban J connectivity index is 2.91. The molecule has 6 nitrogen and oxygen atoms in total. The lowest BCUT2D eigenvalue weighted by atomic mass is 9.79. The molecule has 0 aliphatic heterocycles. The summed E-state index contributed by atoms with van der Waals surface area (Å²) in [5.74, 6) is -2.93. The van der Waals surface area contributed by atoms with Crippen LogP contribution in [-0.4, -0.2) is 34.1 Å². The first kappa shape index (κ1) is 15.7. The maximum atomic E-state index is 11.8. The molecule has 0 saturated carbocycles. The summed E-state index contributed by atoms with van der Waals surface area (Å²) in [7, 11) is 0. The van der Waals surface area contributed by atoms with Crippen molar-refractivity contribution in [2.24, 2.45) is 0 Å². The molecule has 1 rings (SSSR count). The molecule has 2 atom stereocenters. The molecule has 0 saturated heterocycles. The maximum Gasteiger partial charge on any atom is 0.325 e. The zero-order chi connectivity index (χ0) is 15.3. The summed E-state index contributed by atoms with van der Waals surface area (Å²) in [5.41, 5.74) is -0.908. The Labute approximate surface area is 116 Å². The summed E-state index contributed by atoms with van der Waals surface area (Å²) >= 11 is 0. The van der Waals surface area contributed by atoms with E-state index in [1.165, 1.54) is 13.8 Å². The number of carbonyl (C=O) groups excluding carboxylic acids is 1. The van der Waals surface area contributed by atoms with Crippen molar-refractivity contribution in [3.05, 3.63) is 35.9 Å². The summed E-state index contributed by atoms with van der Waals surface area (Å²) < 4.78 is 0. The van der Waals surface area contributed by atoms with Crippen molar-refractivity contribution < 1.29 is 24.6 Å². The molecule has 3 N–H and O–H groups in total. The molecule has 0 heterocycles. The average Bonchev–Trinajstić information content (AvgIpc) is 2.38. The van der Waals surface area contributed by atoms with Gasteiger partial charge in [0.25, 0.3) is 0 Å². The van der Waals surface area contributed by atoms with Gasteiger partial charge in [0, 0.05) is 6.42 Å². The molecule has 1 amide bonds. The minimum absolute atomic E-state index is 0.329. The third-order valence-electron chi connectivity index (χ3n) is 3.14. The molecule has 0 radical (unpaired) electrons. The van der Waals surface area contributed by atoms with Crippen LogP contribution in [0.4, 0.5) is 0 Å². The van der Waals surface area contributed by atoms with E-state index in [9.17, 15) is 19.5 Å². The first-order chi connectivity index (χ1) is 9.27. The van der Waals surface area contributed by atoms with Crippen molar-refractivity contribution >= 4 is 17.8 Å². The van der Waals surface area contributed by atoms with Crippen molar-refractivity contribution in [2.45, 2.75) is 31.7 Å². The van der Waals surface area contributed by atoms with Gasteiger partial charge in [-0.3, -0.25) is 14.4 Å². The van der Waals surface area contributed by atoms with Crippen LogP contribution in [0.1, 0.15) is 25.8 Å². The maximum absolute atomic E-state index is 11.8. The summed E-state index contributed by atoms with van der Waals surface area (Å²) in [6.45, 7) is 2.76. The number of hydrogen-bond acceptors (Lipinski definition) is 3. The SMILES string of the molecule is CC(NC(=O)CC(C)(C(=O)O)c1ccccc1)C(=O)O. The van der Waals surface area contributed by atoms with E-state index in [1.54, 1.807) is 30.3 Å². The van der Waals surface area contributed by atoms with Gasteiger partial charge >= 0.3 is 11.9 Å². The van der Waals surface area contributed by atoms with Crippen LogP contribution in [0.5, 0.6) is 0 Å². The summed E-state index contributed by atoms with van der Waals surface area (Å²) in [4.78, 5) is 34.0. The molecular weight excluding hydrogens is 262 g/mol. The lowest BCUT2D eigenvalue weighted by Gasteiger charge is -2.25. The lowest BCUT2D eigenvalue weighted by molar-refractivity contribution is -0.146. The van der Waals surface area contributed by atoms with Gasteiger partial charge in [0.1, 0.15) is 6.04 Å². The van der Waals surface area contributed by atoms with E-state index in [1.807, 2.05) is 0 Å². The van der Waals surface area contributed by atoms with Gasteiger partial charge in [-0.1, -0.05) is 30.3 Å². The van der Waals surface area contributed by atoms with E-state index in [-0.39, 0.29) is 6.42 Å². The fourth-order valence-electron chi connectivity index (χ4n) is 1.78. The number of carbonyl (C=O) groups is 3. The average molecular weight is 279 g/mol. The Bertz CT molecular complexity index is 514. The molecule has 108 valence electrons. The molecule has 0 fully saturated rings. The van der Waals surface area contributed by atoms with E-state index in [0.29, 0.717) is 5.56 Å². The number of amides is 1. The third-order valence-corrected chi connectivity index (χ3v) is 3.14. The van der Waals surface area contributed by atoms with E-state index < -0.39 is 29.3 Å². The van der Waals surface area contributed by atoms with Crippen molar-refractivity contribution in [3.63, 3.8) is 0 Å². The second-order valence-corrected chi connectivity index (χ2v) is 4.81. The standard InChI is InChI=1S/C14H17NO5/c1-9(12(17)18)15-11(16)8-14(2,13(19)20)10-6-4-3-5-7-10/h3-7,9H,8H2,1-2H3,(H,15,16)(H,17,18)(H,19,20). The molecule has 1 aromatic carbocycles. The number of nitrogens with one attached hydrogen (secondary N) is 1. The smallest absolute Gasteiger partial charge is 0.325 e. The van der Waals surface area contributed by atoms with Crippen LogP contribution in [0.15, 0.2) is 30.3 Å². The van der Waals surface area contributed by atoms with Crippen molar-refractivity contribution in [1.82, 2.24) is 5.32 Å². The van der Waals surface area contributed by atoms with Crippen LogP contribution in [0.3, 0.4) is 0 Å². The highest BCUT2D eigenvalue weighted by Gasteiger charge is 2.37. The van der Waals surface area contributed by atoms with Crippen molar-refractivity contribution in [3.8, 4) is 0 Å². The number of hydrogen-bond donors (Lipinski definition) is 3. The monoisotopic (exact) mass is 279 g/mol. The van der Waals surface area contributed by atoms with Crippen LogP contribution < -0.4 is 5.32 Å². The molecular formula is C14H17NO5. The Kier molecular flexibility index (Phi) is 4.85. The van der Waals surface area contributed by atoms with Crippen molar-refractivity contribution in [1.29, 1.82) is 0 Å². The van der Waals surface area contributed by atoms with Crippen LogP contribution in [0.25, 0.3) is 0 Å². The Morgan fingerprint density at radius 1 is 1.20 bits per heavy atom. The van der Waals surface area contributed by atoms with Gasteiger partial charge in [-0.05, 0) is 19.4 Å². The third kappa shape index (κ3) is 3.57.